The van der Waals surface area contributed by atoms with Gasteiger partial charge in [0.25, 0.3) is 0 Å². The molecule has 1 aliphatic heterocycles. The molecule has 1 saturated heterocycles. The number of pyridine rings is 1. The van der Waals surface area contributed by atoms with Crippen LogP contribution < -0.4 is 10.2 Å². The number of carbonyl (C=O) groups excluding carboxylic acids is 1. The molecule has 29 heavy (non-hydrogen) atoms. The minimum Gasteiger partial charge on any atom is -0.346 e. The highest BCUT2D eigenvalue weighted by atomic mass is 16.2. The molecule has 0 atom stereocenters. The van der Waals surface area contributed by atoms with E-state index in [9.17, 15) is 4.79 Å². The number of aromatic amines is 1. The van der Waals surface area contributed by atoms with Gasteiger partial charge in [-0.2, -0.15) is 0 Å². The minimum atomic E-state index is -0.169. The van der Waals surface area contributed by atoms with Crippen LogP contribution in [0.25, 0.3) is 11.0 Å². The number of hydrogen-bond acceptors (Lipinski definition) is 3. The van der Waals surface area contributed by atoms with Crippen molar-refractivity contribution in [3.05, 3.63) is 60.4 Å². The van der Waals surface area contributed by atoms with E-state index >= 15 is 0 Å². The number of nitrogens with one attached hydrogen (secondary N) is 2. The third kappa shape index (κ3) is 2.82. The molecule has 0 radical (unpaired) electrons. The van der Waals surface area contributed by atoms with E-state index in [0.717, 1.165) is 42.4 Å². The maximum Gasteiger partial charge on any atom is 0.322 e. The highest BCUT2D eigenvalue weighted by Gasteiger charge is 2.50. The van der Waals surface area contributed by atoms with Crippen LogP contribution in [0.1, 0.15) is 31.2 Å². The number of aromatic nitrogens is 2. The van der Waals surface area contributed by atoms with Gasteiger partial charge >= 0.3 is 6.03 Å². The van der Waals surface area contributed by atoms with E-state index in [4.69, 9.17) is 0 Å². The third-order valence-corrected chi connectivity index (χ3v) is 7.01. The van der Waals surface area contributed by atoms with Crippen LogP contribution in [-0.2, 0) is 5.54 Å². The van der Waals surface area contributed by atoms with Crippen LogP contribution in [0, 0.1) is 0 Å². The molecule has 2 fully saturated rings. The highest BCUT2D eigenvalue weighted by molar-refractivity contribution is 6.03. The lowest BCUT2D eigenvalue weighted by molar-refractivity contribution is 0.0658. The molecule has 1 aromatic carbocycles. The Morgan fingerprint density at radius 3 is 2.52 bits per heavy atom. The summed E-state index contributed by atoms with van der Waals surface area (Å²) in [6.45, 7) is 0.703. The van der Waals surface area contributed by atoms with E-state index in [1.807, 2.05) is 23.2 Å². The van der Waals surface area contributed by atoms with E-state index in [1.165, 1.54) is 5.56 Å². The zero-order valence-electron chi connectivity index (χ0n) is 17.0. The Bertz CT molecular complexity index is 1030. The zero-order chi connectivity index (χ0) is 20.1. The van der Waals surface area contributed by atoms with Crippen molar-refractivity contribution < 1.29 is 4.79 Å². The number of anilines is 1. The molecule has 2 amide bonds. The Morgan fingerprint density at radius 2 is 1.79 bits per heavy atom. The molecule has 3 heterocycles. The fourth-order valence-corrected chi connectivity index (χ4v) is 5.25. The summed E-state index contributed by atoms with van der Waals surface area (Å²) in [5.74, 6) is 0. The Balaban J connectivity index is 1.41. The van der Waals surface area contributed by atoms with Gasteiger partial charge in [-0.05, 0) is 57.5 Å². The maximum absolute atomic E-state index is 13.0. The summed E-state index contributed by atoms with van der Waals surface area (Å²) in [7, 11) is 4.34. The van der Waals surface area contributed by atoms with Crippen molar-refractivity contribution in [2.75, 3.05) is 25.5 Å². The molecule has 0 bridgehead atoms. The van der Waals surface area contributed by atoms with Gasteiger partial charge in [-0.3, -0.25) is 9.80 Å². The van der Waals surface area contributed by atoms with E-state index in [1.54, 1.807) is 6.20 Å². The van der Waals surface area contributed by atoms with Gasteiger partial charge in [0.2, 0.25) is 0 Å². The van der Waals surface area contributed by atoms with E-state index in [-0.39, 0.29) is 17.1 Å². The second-order valence-electron chi connectivity index (χ2n) is 8.66. The highest BCUT2D eigenvalue weighted by Crippen LogP contribution is 2.46. The van der Waals surface area contributed by atoms with E-state index in [0.29, 0.717) is 6.54 Å². The van der Waals surface area contributed by atoms with Crippen molar-refractivity contribution in [3.8, 4) is 0 Å². The van der Waals surface area contributed by atoms with Gasteiger partial charge in [-0.15, -0.1) is 0 Å². The number of rotatable bonds is 3. The van der Waals surface area contributed by atoms with Gasteiger partial charge in [0, 0.05) is 23.3 Å². The number of benzene rings is 1. The van der Waals surface area contributed by atoms with Crippen LogP contribution in [0.4, 0.5) is 10.5 Å². The molecule has 1 saturated carbocycles. The van der Waals surface area contributed by atoms with Crippen LogP contribution >= 0.6 is 0 Å². The third-order valence-electron chi connectivity index (χ3n) is 7.01. The number of amides is 2. The van der Waals surface area contributed by atoms with Crippen molar-refractivity contribution >= 4 is 22.8 Å². The SMILES string of the molecule is CN(C)C1(c2ccccc2)CCC2(CC1)CN(c1ccnc3[nH]ccc13)C(=O)N2. The first kappa shape index (κ1) is 18.2. The van der Waals surface area contributed by atoms with Gasteiger partial charge in [-0.25, -0.2) is 9.78 Å². The zero-order valence-corrected chi connectivity index (χ0v) is 17.0. The molecule has 2 aliphatic rings. The maximum atomic E-state index is 13.0. The van der Waals surface area contributed by atoms with Crippen molar-refractivity contribution in [2.24, 2.45) is 0 Å². The minimum absolute atomic E-state index is 0.00392. The number of fused-ring (bicyclic) bond motifs is 1. The Morgan fingerprint density at radius 1 is 1.03 bits per heavy atom. The fraction of sp³-hybridized carbons (Fsp3) is 0.391. The standard InChI is InChI=1S/C23H27N5O/c1-27(2)23(17-6-4-3-5-7-17)12-10-22(11-13-23)16-28(21(29)26-22)19-9-15-25-20-18(19)8-14-24-20/h3-9,14-15H,10-13,16H2,1-2H3,(H,24,25)(H,26,29). The van der Waals surface area contributed by atoms with Crippen molar-refractivity contribution in [2.45, 2.75) is 36.8 Å². The lowest BCUT2D eigenvalue weighted by Crippen LogP contribution is -2.54. The Labute approximate surface area is 170 Å². The predicted octanol–water partition coefficient (Wildman–Crippen LogP) is 3.86. The lowest BCUT2D eigenvalue weighted by atomic mass is 9.69. The second kappa shape index (κ2) is 6.59. The second-order valence-corrected chi connectivity index (χ2v) is 8.66. The summed E-state index contributed by atoms with van der Waals surface area (Å²) in [4.78, 5) is 24.7. The topological polar surface area (TPSA) is 64.3 Å². The predicted molar refractivity (Wildman–Crippen MR) is 115 cm³/mol. The first-order valence-electron chi connectivity index (χ1n) is 10.3. The molecule has 0 unspecified atom stereocenters. The molecule has 2 aromatic heterocycles. The van der Waals surface area contributed by atoms with Crippen LogP contribution in [0.15, 0.2) is 54.9 Å². The van der Waals surface area contributed by atoms with Gasteiger partial charge in [0.1, 0.15) is 5.65 Å². The largest absolute Gasteiger partial charge is 0.346 e. The summed E-state index contributed by atoms with van der Waals surface area (Å²) in [6, 6.07) is 14.7. The summed E-state index contributed by atoms with van der Waals surface area (Å²) >= 11 is 0. The number of urea groups is 1. The van der Waals surface area contributed by atoms with Crippen LogP contribution in [0.3, 0.4) is 0 Å². The molecular weight excluding hydrogens is 362 g/mol. The molecule has 6 heteroatoms. The molecule has 5 rings (SSSR count). The first-order chi connectivity index (χ1) is 14.0. The van der Waals surface area contributed by atoms with Gasteiger partial charge in [0.15, 0.2) is 0 Å². The molecule has 150 valence electrons. The molecule has 2 N–H and O–H groups in total. The van der Waals surface area contributed by atoms with Gasteiger partial charge in [0.05, 0.1) is 17.8 Å². The van der Waals surface area contributed by atoms with Crippen molar-refractivity contribution in [3.63, 3.8) is 0 Å². The quantitative estimate of drug-likeness (QED) is 0.715. The first-order valence-corrected chi connectivity index (χ1v) is 10.3. The fourth-order valence-electron chi connectivity index (χ4n) is 5.25. The number of nitrogens with zero attached hydrogens (tertiary/aromatic N) is 3. The van der Waals surface area contributed by atoms with E-state index in [2.05, 4.69) is 64.6 Å². The van der Waals surface area contributed by atoms with Crippen molar-refractivity contribution in [1.82, 2.24) is 20.2 Å². The molecule has 3 aromatic rings. The molecule has 1 spiro atoms. The lowest BCUT2D eigenvalue weighted by Gasteiger charge is -2.48. The summed E-state index contributed by atoms with van der Waals surface area (Å²) in [5.41, 5.74) is 2.96. The molecule has 1 aliphatic carbocycles. The van der Waals surface area contributed by atoms with E-state index < -0.39 is 0 Å². The normalized spacial score (nSPS) is 27.1. The summed E-state index contributed by atoms with van der Waals surface area (Å²) in [6.07, 6.45) is 7.60. The summed E-state index contributed by atoms with van der Waals surface area (Å²) < 4.78 is 0. The number of carbonyl (C=O) groups is 1. The molecular formula is C23H27N5O. The van der Waals surface area contributed by atoms with Crippen LogP contribution in [0.2, 0.25) is 0 Å². The van der Waals surface area contributed by atoms with Crippen LogP contribution in [0.5, 0.6) is 0 Å². The average molecular weight is 390 g/mol. The Hall–Kier alpha value is -2.86. The number of H-pyrrole nitrogens is 1. The van der Waals surface area contributed by atoms with Crippen LogP contribution in [-0.4, -0.2) is 47.1 Å². The van der Waals surface area contributed by atoms with Crippen molar-refractivity contribution in [1.29, 1.82) is 0 Å². The average Bonchev–Trinajstić information content (AvgIpc) is 3.34. The Kier molecular flexibility index (Phi) is 4.13. The smallest absolute Gasteiger partial charge is 0.322 e. The van der Waals surface area contributed by atoms with Gasteiger partial charge in [-0.1, -0.05) is 30.3 Å². The summed E-state index contributed by atoms with van der Waals surface area (Å²) in [5, 5.41) is 4.33. The monoisotopic (exact) mass is 389 g/mol. The molecule has 6 nitrogen and oxygen atoms in total. The van der Waals surface area contributed by atoms with Gasteiger partial charge < -0.3 is 10.3 Å². The number of hydrogen-bond donors (Lipinski definition) is 2.